The standard InChI is InChI=1S/C11H11NO3/c1-2-3-11(13)12-8-4-5-9-10(6-8)15-7-14-9/h2-6H,7H2,1H3,(H,12,13)/b3-2+. The number of hydrogen-bond acceptors (Lipinski definition) is 3. The molecule has 4 heteroatoms. The molecule has 1 aliphatic rings. The molecule has 0 fully saturated rings. The predicted molar refractivity (Wildman–Crippen MR) is 56.0 cm³/mol. The maximum Gasteiger partial charge on any atom is 0.248 e. The number of amides is 1. The average molecular weight is 205 g/mol. The molecule has 1 aliphatic heterocycles. The minimum absolute atomic E-state index is 0.156. The molecule has 0 bridgehead atoms. The summed E-state index contributed by atoms with van der Waals surface area (Å²) < 4.78 is 10.3. The van der Waals surface area contributed by atoms with Gasteiger partial charge in [0, 0.05) is 11.8 Å². The molecule has 0 atom stereocenters. The number of allylic oxidation sites excluding steroid dienone is 1. The van der Waals surface area contributed by atoms with Crippen LogP contribution in [0.2, 0.25) is 0 Å². The molecule has 1 amide bonds. The minimum Gasteiger partial charge on any atom is -0.454 e. The van der Waals surface area contributed by atoms with Gasteiger partial charge in [-0.05, 0) is 25.1 Å². The topological polar surface area (TPSA) is 47.6 Å². The number of rotatable bonds is 2. The highest BCUT2D eigenvalue weighted by atomic mass is 16.7. The van der Waals surface area contributed by atoms with E-state index >= 15 is 0 Å². The van der Waals surface area contributed by atoms with E-state index in [2.05, 4.69) is 5.32 Å². The molecule has 0 spiro atoms. The lowest BCUT2D eigenvalue weighted by molar-refractivity contribution is -0.111. The molecule has 0 aliphatic carbocycles. The van der Waals surface area contributed by atoms with Crippen LogP contribution >= 0.6 is 0 Å². The Morgan fingerprint density at radius 2 is 2.20 bits per heavy atom. The van der Waals surface area contributed by atoms with Crippen LogP contribution in [0, 0.1) is 0 Å². The van der Waals surface area contributed by atoms with Gasteiger partial charge in [-0.25, -0.2) is 0 Å². The average Bonchev–Trinajstić information content (AvgIpc) is 2.65. The quantitative estimate of drug-likeness (QED) is 0.750. The third-order valence-corrected chi connectivity index (χ3v) is 1.96. The van der Waals surface area contributed by atoms with Crippen molar-refractivity contribution in [2.75, 3.05) is 12.1 Å². The smallest absolute Gasteiger partial charge is 0.248 e. The molecule has 2 rings (SSSR count). The third-order valence-electron chi connectivity index (χ3n) is 1.96. The van der Waals surface area contributed by atoms with E-state index in [1.165, 1.54) is 6.08 Å². The lowest BCUT2D eigenvalue weighted by Gasteiger charge is -2.02. The Kier molecular flexibility index (Phi) is 2.58. The van der Waals surface area contributed by atoms with Gasteiger partial charge in [0.1, 0.15) is 0 Å². The number of carbonyl (C=O) groups excluding carboxylic acids is 1. The summed E-state index contributed by atoms with van der Waals surface area (Å²) >= 11 is 0. The number of nitrogens with one attached hydrogen (secondary N) is 1. The van der Waals surface area contributed by atoms with Crippen molar-refractivity contribution in [1.82, 2.24) is 0 Å². The molecular formula is C11H11NO3. The summed E-state index contributed by atoms with van der Waals surface area (Å²) in [6.07, 6.45) is 3.15. The van der Waals surface area contributed by atoms with Gasteiger partial charge in [-0.3, -0.25) is 4.79 Å². The first kappa shape index (κ1) is 9.58. The second-order valence-corrected chi connectivity index (χ2v) is 3.06. The fourth-order valence-electron chi connectivity index (χ4n) is 1.31. The number of hydrogen-bond donors (Lipinski definition) is 1. The predicted octanol–water partition coefficient (Wildman–Crippen LogP) is 1.93. The normalized spacial score (nSPS) is 13.1. The molecule has 15 heavy (non-hydrogen) atoms. The summed E-state index contributed by atoms with van der Waals surface area (Å²) in [4.78, 5) is 11.2. The highest BCUT2D eigenvalue weighted by Gasteiger charge is 2.13. The molecular weight excluding hydrogens is 194 g/mol. The van der Waals surface area contributed by atoms with Crippen molar-refractivity contribution in [3.05, 3.63) is 30.4 Å². The molecule has 4 nitrogen and oxygen atoms in total. The first-order chi connectivity index (χ1) is 7.29. The van der Waals surface area contributed by atoms with Gasteiger partial charge in [0.15, 0.2) is 11.5 Å². The van der Waals surface area contributed by atoms with Gasteiger partial charge in [0.25, 0.3) is 0 Å². The Morgan fingerprint density at radius 3 is 3.00 bits per heavy atom. The highest BCUT2D eigenvalue weighted by Crippen LogP contribution is 2.34. The Morgan fingerprint density at radius 1 is 1.40 bits per heavy atom. The fraction of sp³-hybridized carbons (Fsp3) is 0.182. The minimum atomic E-state index is -0.156. The first-order valence-electron chi connectivity index (χ1n) is 4.63. The Hall–Kier alpha value is -1.97. The van der Waals surface area contributed by atoms with E-state index in [-0.39, 0.29) is 12.7 Å². The van der Waals surface area contributed by atoms with Crippen LogP contribution in [0.15, 0.2) is 30.4 Å². The largest absolute Gasteiger partial charge is 0.454 e. The van der Waals surface area contributed by atoms with E-state index in [1.54, 1.807) is 31.2 Å². The molecule has 1 heterocycles. The number of anilines is 1. The molecule has 78 valence electrons. The lowest BCUT2D eigenvalue weighted by Crippen LogP contribution is -2.07. The van der Waals surface area contributed by atoms with Crippen LogP contribution in [0.5, 0.6) is 11.5 Å². The Balaban J connectivity index is 2.13. The fourth-order valence-corrected chi connectivity index (χ4v) is 1.31. The maximum atomic E-state index is 11.2. The highest BCUT2D eigenvalue weighted by molar-refractivity contribution is 5.99. The monoisotopic (exact) mass is 205 g/mol. The van der Waals surface area contributed by atoms with Gasteiger partial charge < -0.3 is 14.8 Å². The van der Waals surface area contributed by atoms with Crippen molar-refractivity contribution in [3.63, 3.8) is 0 Å². The van der Waals surface area contributed by atoms with Crippen LogP contribution < -0.4 is 14.8 Å². The van der Waals surface area contributed by atoms with Crippen molar-refractivity contribution in [3.8, 4) is 11.5 Å². The number of benzene rings is 1. The molecule has 0 saturated heterocycles. The van der Waals surface area contributed by atoms with Crippen molar-refractivity contribution < 1.29 is 14.3 Å². The van der Waals surface area contributed by atoms with Crippen molar-refractivity contribution in [2.24, 2.45) is 0 Å². The van der Waals surface area contributed by atoms with Crippen LogP contribution in [0.3, 0.4) is 0 Å². The molecule has 1 aromatic rings. The van der Waals surface area contributed by atoms with Crippen LogP contribution in [0.25, 0.3) is 0 Å². The third kappa shape index (κ3) is 2.10. The first-order valence-corrected chi connectivity index (χ1v) is 4.63. The summed E-state index contributed by atoms with van der Waals surface area (Å²) in [6.45, 7) is 2.03. The summed E-state index contributed by atoms with van der Waals surface area (Å²) in [5, 5.41) is 2.71. The van der Waals surface area contributed by atoms with E-state index in [0.29, 0.717) is 17.2 Å². The molecule has 1 N–H and O–H groups in total. The van der Waals surface area contributed by atoms with E-state index in [9.17, 15) is 4.79 Å². The van der Waals surface area contributed by atoms with Gasteiger partial charge in [0.2, 0.25) is 12.7 Å². The van der Waals surface area contributed by atoms with Crippen molar-refractivity contribution in [1.29, 1.82) is 0 Å². The summed E-state index contributed by atoms with van der Waals surface area (Å²) in [7, 11) is 0. The van der Waals surface area contributed by atoms with E-state index in [0.717, 1.165) is 0 Å². The molecule has 0 aromatic heterocycles. The van der Waals surface area contributed by atoms with Crippen LogP contribution in [0.1, 0.15) is 6.92 Å². The summed E-state index contributed by atoms with van der Waals surface area (Å²) in [6, 6.07) is 5.28. The number of ether oxygens (including phenoxy) is 2. The summed E-state index contributed by atoms with van der Waals surface area (Å²) in [5.41, 5.74) is 0.697. The molecule has 0 radical (unpaired) electrons. The van der Waals surface area contributed by atoms with E-state index < -0.39 is 0 Å². The zero-order chi connectivity index (χ0) is 10.7. The van der Waals surface area contributed by atoms with Crippen LogP contribution in [-0.2, 0) is 4.79 Å². The summed E-state index contributed by atoms with van der Waals surface area (Å²) in [5.74, 6) is 1.21. The van der Waals surface area contributed by atoms with Crippen molar-refractivity contribution >= 4 is 11.6 Å². The second kappa shape index (κ2) is 4.04. The van der Waals surface area contributed by atoms with Gasteiger partial charge in [-0.15, -0.1) is 0 Å². The van der Waals surface area contributed by atoms with Gasteiger partial charge in [-0.2, -0.15) is 0 Å². The second-order valence-electron chi connectivity index (χ2n) is 3.06. The molecule has 0 unspecified atom stereocenters. The zero-order valence-corrected chi connectivity index (χ0v) is 8.32. The Bertz CT molecular complexity index is 412. The lowest BCUT2D eigenvalue weighted by atomic mass is 10.2. The SMILES string of the molecule is C/C=C/C(=O)Nc1ccc2c(c1)OCO2. The molecule has 0 saturated carbocycles. The maximum absolute atomic E-state index is 11.2. The number of carbonyl (C=O) groups is 1. The van der Waals surface area contributed by atoms with Crippen LogP contribution in [-0.4, -0.2) is 12.7 Å². The number of fused-ring (bicyclic) bond motifs is 1. The van der Waals surface area contributed by atoms with Crippen molar-refractivity contribution in [2.45, 2.75) is 6.92 Å². The van der Waals surface area contributed by atoms with E-state index in [4.69, 9.17) is 9.47 Å². The molecule has 1 aromatic carbocycles. The zero-order valence-electron chi connectivity index (χ0n) is 8.32. The van der Waals surface area contributed by atoms with E-state index in [1.807, 2.05) is 0 Å². The van der Waals surface area contributed by atoms with Gasteiger partial charge >= 0.3 is 0 Å². The Labute approximate surface area is 87.5 Å². The van der Waals surface area contributed by atoms with Crippen LogP contribution in [0.4, 0.5) is 5.69 Å². The van der Waals surface area contributed by atoms with Gasteiger partial charge in [0.05, 0.1) is 0 Å². The van der Waals surface area contributed by atoms with Gasteiger partial charge in [-0.1, -0.05) is 6.08 Å².